The fourth-order valence-electron chi connectivity index (χ4n) is 5.45. The maximum absolute atomic E-state index is 15.4. The van der Waals surface area contributed by atoms with Gasteiger partial charge < -0.3 is 5.73 Å². The molecule has 0 saturated carbocycles. The van der Waals surface area contributed by atoms with Gasteiger partial charge in [0.2, 0.25) is 10.3 Å². The molecule has 1 aliphatic heterocycles. The smallest absolute Gasteiger partial charge is 0.266 e. The number of halogens is 5. The second-order valence-electron chi connectivity index (χ2n) is 11.0. The topological polar surface area (TPSA) is 186 Å². The van der Waals surface area contributed by atoms with E-state index in [1.165, 1.54) is 6.20 Å². The number of nitrogens with two attached hydrogens (primary N) is 1. The van der Waals surface area contributed by atoms with Crippen LogP contribution in [0.25, 0.3) is 0 Å². The summed E-state index contributed by atoms with van der Waals surface area (Å²) in [6, 6.07) is 5.54. The Balaban J connectivity index is 1.22. The Labute approximate surface area is 296 Å². The number of nitrogens with one attached hydrogen (secondary N) is 2. The van der Waals surface area contributed by atoms with Gasteiger partial charge >= 0.3 is 0 Å². The average Bonchev–Trinajstić information content (AvgIpc) is 3.75. The number of nitrogen functional groups attached to an aromatic ring is 1. The number of hydrogen-bond donors (Lipinski definition) is 3. The molecule has 1 aliphatic rings. The molecule has 0 amide bonds. The van der Waals surface area contributed by atoms with Crippen molar-refractivity contribution in [1.82, 2.24) is 28.6 Å². The van der Waals surface area contributed by atoms with Crippen LogP contribution in [0.15, 0.2) is 58.7 Å². The Morgan fingerprint density at radius 3 is 2.18 bits per heavy atom. The normalized spacial score (nSPS) is 17.1. The molecule has 3 aromatic heterocycles. The van der Waals surface area contributed by atoms with Gasteiger partial charge in [-0.15, -0.1) is 11.6 Å². The number of aromatic nitrogens is 5. The van der Waals surface area contributed by atoms with Crippen molar-refractivity contribution in [2.24, 2.45) is 0 Å². The van der Waals surface area contributed by atoms with Crippen LogP contribution in [0.2, 0.25) is 0 Å². The highest BCUT2D eigenvalue weighted by Gasteiger charge is 2.34. The molecule has 1 fully saturated rings. The molecule has 50 heavy (non-hydrogen) atoms. The SMILES string of the molecule is Nc1cc([C@H]2CC(c3nsc(NS(=O)(=O)c4cc(F)c(CCl)cc4F)n3)CCN2Cc2cc(F)c(S(=O)(=O)Nc3ncns3)cc2F)ccn1. The number of nitrogens with zero attached hydrogens (tertiary/aromatic N) is 6. The lowest BCUT2D eigenvalue weighted by Crippen LogP contribution is -2.36. The van der Waals surface area contributed by atoms with Crippen LogP contribution < -0.4 is 15.2 Å². The van der Waals surface area contributed by atoms with Crippen molar-refractivity contribution in [2.45, 2.75) is 47.0 Å². The third-order valence-corrected chi connectivity index (χ3v) is 12.3. The van der Waals surface area contributed by atoms with Gasteiger partial charge in [-0.3, -0.25) is 14.3 Å². The Bertz CT molecular complexity index is 2260. The second-order valence-corrected chi connectivity index (χ2v) is 16.1. The van der Waals surface area contributed by atoms with Crippen LogP contribution in [0.5, 0.6) is 0 Å². The molecule has 22 heteroatoms. The summed E-state index contributed by atoms with van der Waals surface area (Å²) in [5.74, 6) is -4.51. The lowest BCUT2D eigenvalue weighted by molar-refractivity contribution is 0.123. The molecule has 13 nitrogen and oxygen atoms in total. The molecular formula is C28H24ClF4N9O4S4. The molecule has 5 aromatic rings. The number of anilines is 3. The highest BCUT2D eigenvalue weighted by Crippen LogP contribution is 2.41. The first-order chi connectivity index (χ1) is 23.7. The van der Waals surface area contributed by atoms with E-state index in [1.54, 1.807) is 12.1 Å². The molecule has 264 valence electrons. The predicted molar refractivity (Wildman–Crippen MR) is 177 cm³/mol. The average molecular weight is 790 g/mol. The molecule has 1 saturated heterocycles. The van der Waals surface area contributed by atoms with Gasteiger partial charge in [0.15, 0.2) is 0 Å². The minimum Gasteiger partial charge on any atom is -0.384 e. The largest absolute Gasteiger partial charge is 0.384 e. The maximum atomic E-state index is 15.4. The van der Waals surface area contributed by atoms with Crippen molar-refractivity contribution in [3.05, 3.63) is 94.7 Å². The summed E-state index contributed by atoms with van der Waals surface area (Å²) in [4.78, 5) is 12.1. The van der Waals surface area contributed by atoms with Gasteiger partial charge in [-0.05, 0) is 61.3 Å². The Kier molecular flexibility index (Phi) is 10.2. The first-order valence-electron chi connectivity index (χ1n) is 14.4. The molecular weight excluding hydrogens is 766 g/mol. The summed E-state index contributed by atoms with van der Waals surface area (Å²) in [7, 11) is -9.09. The predicted octanol–water partition coefficient (Wildman–Crippen LogP) is 5.38. The van der Waals surface area contributed by atoms with E-state index in [0.717, 1.165) is 23.9 Å². The summed E-state index contributed by atoms with van der Waals surface area (Å²) >= 11 is 7.02. The van der Waals surface area contributed by atoms with Gasteiger partial charge in [-0.2, -0.15) is 8.75 Å². The summed E-state index contributed by atoms with van der Waals surface area (Å²) in [6.07, 6.45) is 3.34. The zero-order valence-electron chi connectivity index (χ0n) is 25.2. The van der Waals surface area contributed by atoms with Gasteiger partial charge in [-0.25, -0.2) is 49.3 Å². The van der Waals surface area contributed by atoms with E-state index in [-0.39, 0.29) is 51.4 Å². The van der Waals surface area contributed by atoms with E-state index < -0.39 is 59.1 Å². The number of piperidine rings is 1. The summed E-state index contributed by atoms with van der Waals surface area (Å²) in [6.45, 7) is 0.182. The number of benzene rings is 2. The number of hydrogen-bond acceptors (Lipinski definition) is 13. The van der Waals surface area contributed by atoms with E-state index in [1.807, 2.05) is 4.90 Å². The second kappa shape index (κ2) is 14.3. The van der Waals surface area contributed by atoms with Crippen molar-refractivity contribution < 1.29 is 34.4 Å². The molecule has 0 spiro atoms. The Morgan fingerprint density at radius 1 is 0.880 bits per heavy atom. The maximum Gasteiger partial charge on any atom is 0.266 e. The van der Waals surface area contributed by atoms with E-state index in [2.05, 4.69) is 33.1 Å². The monoisotopic (exact) mass is 789 g/mol. The standard InChI is InChI=1S/C28H24ClF4N9O4S4/c29-11-16-5-20(32)23(9-18(16)30)50(45,46)41-28-38-26(39-48-28)15-2-4-42(22(7-15)14-1-3-35-25(34)8-14)12-17-6-21(33)24(10-19(17)31)49(43,44)40-27-36-13-37-47-27/h1,3,5-6,8-10,13,15,22H,2,4,7,11-12H2,(H2,34,35)(H,36,37,40)(H,38,39,41)/t15?,22-/m1/s1. The molecule has 4 heterocycles. The lowest BCUT2D eigenvalue weighted by Gasteiger charge is -2.39. The lowest BCUT2D eigenvalue weighted by atomic mass is 9.86. The van der Waals surface area contributed by atoms with Gasteiger partial charge in [0.05, 0.1) is 5.88 Å². The number of likely N-dealkylation sites (tertiary alicyclic amines) is 1. The first kappa shape index (κ1) is 35.8. The van der Waals surface area contributed by atoms with Crippen LogP contribution in [0.4, 0.5) is 33.6 Å². The van der Waals surface area contributed by atoms with Gasteiger partial charge in [0.1, 0.15) is 51.0 Å². The zero-order chi connectivity index (χ0) is 35.8. The number of alkyl halides is 1. The number of rotatable bonds is 11. The van der Waals surface area contributed by atoms with E-state index in [4.69, 9.17) is 17.3 Å². The fraction of sp³-hybridized carbons (Fsp3) is 0.250. The van der Waals surface area contributed by atoms with E-state index in [9.17, 15) is 25.6 Å². The molecule has 0 radical (unpaired) electrons. The van der Waals surface area contributed by atoms with Crippen LogP contribution in [-0.2, 0) is 32.5 Å². The van der Waals surface area contributed by atoms with Crippen molar-refractivity contribution in [1.29, 1.82) is 0 Å². The van der Waals surface area contributed by atoms with E-state index in [0.29, 0.717) is 54.7 Å². The van der Waals surface area contributed by atoms with Crippen molar-refractivity contribution in [3.63, 3.8) is 0 Å². The van der Waals surface area contributed by atoms with Gasteiger partial charge in [0, 0.05) is 58.9 Å². The zero-order valence-corrected chi connectivity index (χ0v) is 29.2. The van der Waals surface area contributed by atoms with Crippen LogP contribution in [-0.4, -0.2) is 52.0 Å². The molecule has 1 unspecified atom stereocenters. The molecule has 4 N–H and O–H groups in total. The van der Waals surface area contributed by atoms with E-state index >= 15 is 8.78 Å². The number of pyridine rings is 1. The Hall–Kier alpha value is -4.02. The third-order valence-electron chi connectivity index (χ3n) is 7.81. The molecule has 0 bridgehead atoms. The minimum absolute atomic E-state index is 0.103. The third kappa shape index (κ3) is 7.66. The highest BCUT2D eigenvalue weighted by molar-refractivity contribution is 7.93. The quantitative estimate of drug-likeness (QED) is 0.115. The van der Waals surface area contributed by atoms with Crippen molar-refractivity contribution in [3.8, 4) is 0 Å². The Morgan fingerprint density at radius 2 is 1.54 bits per heavy atom. The minimum atomic E-state index is -4.59. The van der Waals surface area contributed by atoms with Crippen LogP contribution in [0, 0.1) is 23.3 Å². The molecule has 2 aromatic carbocycles. The molecule has 2 atom stereocenters. The first-order valence-corrected chi connectivity index (χ1v) is 19.4. The van der Waals surface area contributed by atoms with Crippen LogP contribution >= 0.6 is 34.7 Å². The summed E-state index contributed by atoms with van der Waals surface area (Å²) < 4.78 is 123. The van der Waals surface area contributed by atoms with Crippen molar-refractivity contribution >= 4 is 70.8 Å². The van der Waals surface area contributed by atoms with Gasteiger partial charge in [0.25, 0.3) is 20.0 Å². The highest BCUT2D eigenvalue weighted by atomic mass is 35.5. The summed E-state index contributed by atoms with van der Waals surface area (Å²) in [5.41, 5.74) is 6.34. The fourth-order valence-corrected chi connectivity index (χ4v) is 9.33. The van der Waals surface area contributed by atoms with Crippen molar-refractivity contribution in [2.75, 3.05) is 21.7 Å². The molecule has 6 rings (SSSR count). The number of sulfonamides is 2. The molecule has 0 aliphatic carbocycles. The van der Waals surface area contributed by atoms with Crippen LogP contribution in [0.3, 0.4) is 0 Å². The summed E-state index contributed by atoms with van der Waals surface area (Å²) in [5, 5.41) is -0.293. The van der Waals surface area contributed by atoms with Crippen LogP contribution in [0.1, 0.15) is 47.3 Å². The van der Waals surface area contributed by atoms with Gasteiger partial charge in [-0.1, -0.05) is 0 Å².